The van der Waals surface area contributed by atoms with Crippen LogP contribution in [0.5, 0.6) is 0 Å². The van der Waals surface area contributed by atoms with Crippen molar-refractivity contribution >= 4 is 11.6 Å². The first-order chi connectivity index (χ1) is 7.54. The fourth-order valence-electron chi connectivity index (χ4n) is 1.45. The monoisotopic (exact) mass is 222 g/mol. The van der Waals surface area contributed by atoms with Gasteiger partial charge in [0.1, 0.15) is 0 Å². The van der Waals surface area contributed by atoms with Gasteiger partial charge in [0.05, 0.1) is 0 Å². The molecule has 16 heavy (non-hydrogen) atoms. The summed E-state index contributed by atoms with van der Waals surface area (Å²) in [5.74, 6) is -0.147. The molecule has 1 rings (SSSR count). The summed E-state index contributed by atoms with van der Waals surface area (Å²) in [7, 11) is 0. The average molecular weight is 222 g/mol. The van der Waals surface area contributed by atoms with Crippen LogP contribution >= 0.6 is 0 Å². The SMILES string of the molecule is Cc1ccc(N)cc1C(=O)NC(C)CCO. The highest BCUT2D eigenvalue weighted by Crippen LogP contribution is 2.12. The van der Waals surface area contributed by atoms with E-state index in [1.165, 1.54) is 0 Å². The summed E-state index contributed by atoms with van der Waals surface area (Å²) in [6, 6.07) is 5.21. The lowest BCUT2D eigenvalue weighted by Crippen LogP contribution is -2.33. The van der Waals surface area contributed by atoms with Crippen molar-refractivity contribution in [3.63, 3.8) is 0 Å². The molecule has 0 radical (unpaired) electrons. The molecule has 0 spiro atoms. The number of amides is 1. The summed E-state index contributed by atoms with van der Waals surface area (Å²) in [6.07, 6.45) is 0.549. The van der Waals surface area contributed by atoms with Gasteiger partial charge in [-0.3, -0.25) is 4.79 Å². The van der Waals surface area contributed by atoms with Crippen molar-refractivity contribution in [2.75, 3.05) is 12.3 Å². The highest BCUT2D eigenvalue weighted by atomic mass is 16.3. The van der Waals surface area contributed by atoms with E-state index in [2.05, 4.69) is 5.32 Å². The summed E-state index contributed by atoms with van der Waals surface area (Å²) < 4.78 is 0. The quantitative estimate of drug-likeness (QED) is 0.667. The molecular weight excluding hydrogens is 204 g/mol. The predicted octanol–water partition coefficient (Wildman–Crippen LogP) is 1.08. The van der Waals surface area contributed by atoms with Gasteiger partial charge in [-0.1, -0.05) is 6.07 Å². The number of rotatable bonds is 4. The van der Waals surface area contributed by atoms with Gasteiger partial charge in [-0.2, -0.15) is 0 Å². The van der Waals surface area contributed by atoms with Crippen molar-refractivity contribution in [3.8, 4) is 0 Å². The lowest BCUT2D eigenvalue weighted by molar-refractivity contribution is 0.0934. The zero-order valence-electron chi connectivity index (χ0n) is 9.66. The summed E-state index contributed by atoms with van der Waals surface area (Å²) >= 11 is 0. The van der Waals surface area contributed by atoms with Crippen LogP contribution in [0.4, 0.5) is 5.69 Å². The van der Waals surface area contributed by atoms with Crippen LogP contribution in [0.2, 0.25) is 0 Å². The summed E-state index contributed by atoms with van der Waals surface area (Å²) in [5.41, 5.74) is 7.69. The maximum absolute atomic E-state index is 11.9. The number of nitrogens with two attached hydrogens (primary N) is 1. The van der Waals surface area contributed by atoms with E-state index in [9.17, 15) is 4.79 Å². The smallest absolute Gasteiger partial charge is 0.251 e. The number of benzene rings is 1. The van der Waals surface area contributed by atoms with Crippen molar-refractivity contribution in [1.29, 1.82) is 0 Å². The Bertz CT molecular complexity index is 377. The van der Waals surface area contributed by atoms with Gasteiger partial charge in [0.25, 0.3) is 5.91 Å². The summed E-state index contributed by atoms with van der Waals surface area (Å²) in [6.45, 7) is 3.79. The normalized spacial score (nSPS) is 12.2. The van der Waals surface area contributed by atoms with Gasteiger partial charge in [-0.15, -0.1) is 0 Å². The van der Waals surface area contributed by atoms with E-state index in [-0.39, 0.29) is 18.6 Å². The number of nitrogen functional groups attached to an aromatic ring is 1. The number of anilines is 1. The zero-order valence-corrected chi connectivity index (χ0v) is 9.66. The van der Waals surface area contributed by atoms with Crippen molar-refractivity contribution in [1.82, 2.24) is 5.32 Å². The molecule has 0 saturated carbocycles. The van der Waals surface area contributed by atoms with Crippen LogP contribution in [0.25, 0.3) is 0 Å². The molecule has 4 heteroatoms. The third-order valence-corrected chi connectivity index (χ3v) is 2.45. The van der Waals surface area contributed by atoms with E-state index >= 15 is 0 Å². The van der Waals surface area contributed by atoms with Crippen LogP contribution in [0, 0.1) is 6.92 Å². The molecule has 4 N–H and O–H groups in total. The standard InChI is InChI=1S/C12H18N2O2/c1-8-3-4-10(13)7-11(8)12(16)14-9(2)5-6-15/h3-4,7,9,15H,5-6,13H2,1-2H3,(H,14,16). The Labute approximate surface area is 95.5 Å². The topological polar surface area (TPSA) is 75.4 Å². The fourth-order valence-corrected chi connectivity index (χ4v) is 1.45. The Morgan fingerprint density at radius 3 is 2.88 bits per heavy atom. The maximum Gasteiger partial charge on any atom is 0.251 e. The number of hydrogen-bond donors (Lipinski definition) is 3. The molecule has 0 aromatic heterocycles. The Morgan fingerprint density at radius 2 is 2.25 bits per heavy atom. The largest absolute Gasteiger partial charge is 0.399 e. The Morgan fingerprint density at radius 1 is 1.56 bits per heavy atom. The third kappa shape index (κ3) is 3.24. The van der Waals surface area contributed by atoms with Crippen LogP contribution in [0.15, 0.2) is 18.2 Å². The van der Waals surface area contributed by atoms with E-state index in [0.717, 1.165) is 5.56 Å². The van der Waals surface area contributed by atoms with E-state index in [1.807, 2.05) is 19.9 Å². The lowest BCUT2D eigenvalue weighted by atomic mass is 10.1. The van der Waals surface area contributed by atoms with E-state index in [4.69, 9.17) is 10.8 Å². The molecule has 0 fully saturated rings. The first kappa shape index (κ1) is 12.5. The van der Waals surface area contributed by atoms with Gasteiger partial charge in [-0.05, 0) is 38.0 Å². The van der Waals surface area contributed by atoms with E-state index in [0.29, 0.717) is 17.7 Å². The number of carbonyl (C=O) groups excluding carboxylic acids is 1. The zero-order chi connectivity index (χ0) is 12.1. The highest BCUT2D eigenvalue weighted by molar-refractivity contribution is 5.96. The van der Waals surface area contributed by atoms with Crippen LogP contribution in [-0.4, -0.2) is 23.7 Å². The molecular formula is C12H18N2O2. The number of carbonyl (C=O) groups is 1. The molecule has 4 nitrogen and oxygen atoms in total. The molecule has 0 aliphatic heterocycles. The number of aliphatic hydroxyl groups is 1. The van der Waals surface area contributed by atoms with Crippen molar-refractivity contribution in [2.24, 2.45) is 0 Å². The van der Waals surface area contributed by atoms with Crippen molar-refractivity contribution in [2.45, 2.75) is 26.3 Å². The van der Waals surface area contributed by atoms with E-state index < -0.39 is 0 Å². The molecule has 88 valence electrons. The second-order valence-corrected chi connectivity index (χ2v) is 3.96. The Hall–Kier alpha value is -1.55. The molecule has 1 amide bonds. The number of hydrogen-bond acceptors (Lipinski definition) is 3. The fraction of sp³-hybridized carbons (Fsp3) is 0.417. The summed E-state index contributed by atoms with van der Waals surface area (Å²) in [4.78, 5) is 11.9. The number of aliphatic hydroxyl groups excluding tert-OH is 1. The first-order valence-corrected chi connectivity index (χ1v) is 5.32. The minimum atomic E-state index is -0.147. The second-order valence-electron chi connectivity index (χ2n) is 3.96. The van der Waals surface area contributed by atoms with Gasteiger partial charge in [0, 0.05) is 23.9 Å². The van der Waals surface area contributed by atoms with Crippen LogP contribution in [0.3, 0.4) is 0 Å². The molecule has 1 unspecified atom stereocenters. The van der Waals surface area contributed by atoms with Crippen LogP contribution in [-0.2, 0) is 0 Å². The van der Waals surface area contributed by atoms with Gasteiger partial charge in [-0.25, -0.2) is 0 Å². The minimum absolute atomic E-state index is 0.0432. The second kappa shape index (κ2) is 5.51. The molecule has 1 aromatic carbocycles. The number of aryl methyl sites for hydroxylation is 1. The summed E-state index contributed by atoms with van der Waals surface area (Å²) in [5, 5.41) is 11.6. The Balaban J connectivity index is 2.76. The molecule has 0 aliphatic rings. The minimum Gasteiger partial charge on any atom is -0.399 e. The van der Waals surface area contributed by atoms with Crippen molar-refractivity contribution < 1.29 is 9.90 Å². The third-order valence-electron chi connectivity index (χ3n) is 2.45. The molecule has 0 bridgehead atoms. The predicted molar refractivity (Wildman–Crippen MR) is 64.2 cm³/mol. The van der Waals surface area contributed by atoms with Crippen LogP contribution in [0.1, 0.15) is 29.3 Å². The van der Waals surface area contributed by atoms with Gasteiger partial charge < -0.3 is 16.2 Å². The van der Waals surface area contributed by atoms with Gasteiger partial charge >= 0.3 is 0 Å². The lowest BCUT2D eigenvalue weighted by Gasteiger charge is -2.13. The Kier molecular flexibility index (Phi) is 4.31. The highest BCUT2D eigenvalue weighted by Gasteiger charge is 2.11. The van der Waals surface area contributed by atoms with Crippen molar-refractivity contribution in [3.05, 3.63) is 29.3 Å². The van der Waals surface area contributed by atoms with Crippen LogP contribution < -0.4 is 11.1 Å². The molecule has 0 heterocycles. The van der Waals surface area contributed by atoms with E-state index in [1.54, 1.807) is 12.1 Å². The van der Waals surface area contributed by atoms with Gasteiger partial charge in [0.2, 0.25) is 0 Å². The maximum atomic E-state index is 11.9. The average Bonchev–Trinajstić information content (AvgIpc) is 2.21. The number of nitrogens with one attached hydrogen (secondary N) is 1. The molecule has 0 aliphatic carbocycles. The molecule has 1 atom stereocenters. The molecule has 1 aromatic rings. The molecule has 0 saturated heterocycles. The first-order valence-electron chi connectivity index (χ1n) is 5.32. The van der Waals surface area contributed by atoms with Gasteiger partial charge in [0.15, 0.2) is 0 Å².